The number of aliphatic imine (C=N–C) groups is 1. The van der Waals surface area contributed by atoms with Crippen molar-refractivity contribution in [2.75, 3.05) is 53.9 Å². The first-order valence-corrected chi connectivity index (χ1v) is 11.3. The van der Waals surface area contributed by atoms with Crippen molar-refractivity contribution in [3.05, 3.63) is 53.3 Å². The lowest BCUT2D eigenvalue weighted by Crippen LogP contribution is -2.53. The van der Waals surface area contributed by atoms with Crippen molar-refractivity contribution in [2.24, 2.45) is 12.0 Å². The zero-order chi connectivity index (χ0) is 22.4. The summed E-state index contributed by atoms with van der Waals surface area (Å²) in [6.07, 6.45) is 4.03. The Morgan fingerprint density at radius 1 is 1.09 bits per heavy atom. The van der Waals surface area contributed by atoms with Gasteiger partial charge >= 0.3 is 0 Å². The zero-order valence-corrected chi connectivity index (χ0v) is 22.8. The standard InChI is InChI=1S/C24H39N7.HI/c1-19(2)21-9-7-20(8-10-21)17-30-11-13-31(14-12-30)24(25-3)26-16-23(28(4)5)22-15-27-29(6)18-22;/h7-10,15,18-19,23H,11-14,16-17H2,1-6H3,(H,25,26);1H. The van der Waals surface area contributed by atoms with E-state index in [1.54, 1.807) is 0 Å². The average molecular weight is 554 g/mol. The van der Waals surface area contributed by atoms with Crippen LogP contribution in [0.15, 0.2) is 41.7 Å². The fourth-order valence-corrected chi connectivity index (χ4v) is 4.11. The predicted molar refractivity (Wildman–Crippen MR) is 144 cm³/mol. The van der Waals surface area contributed by atoms with Gasteiger partial charge in [0.2, 0.25) is 0 Å². The number of hydrogen-bond acceptors (Lipinski definition) is 4. The highest BCUT2D eigenvalue weighted by molar-refractivity contribution is 14.0. The van der Waals surface area contributed by atoms with Crippen molar-refractivity contribution in [1.82, 2.24) is 29.8 Å². The molecule has 1 saturated heterocycles. The van der Waals surface area contributed by atoms with Gasteiger partial charge in [-0.3, -0.25) is 14.6 Å². The van der Waals surface area contributed by atoms with Gasteiger partial charge in [0.25, 0.3) is 0 Å². The van der Waals surface area contributed by atoms with E-state index in [-0.39, 0.29) is 30.0 Å². The maximum Gasteiger partial charge on any atom is 0.193 e. The summed E-state index contributed by atoms with van der Waals surface area (Å²) < 4.78 is 1.86. The molecule has 8 heteroatoms. The molecule has 178 valence electrons. The number of piperazine rings is 1. The number of halogens is 1. The number of aromatic nitrogens is 2. The summed E-state index contributed by atoms with van der Waals surface area (Å²) in [4.78, 5) is 11.7. The minimum absolute atomic E-state index is 0. The lowest BCUT2D eigenvalue weighted by atomic mass is 10.0. The molecule has 2 heterocycles. The van der Waals surface area contributed by atoms with Crippen LogP contribution in [0.2, 0.25) is 0 Å². The van der Waals surface area contributed by atoms with Crippen molar-refractivity contribution in [1.29, 1.82) is 0 Å². The van der Waals surface area contributed by atoms with Crippen LogP contribution in [0.4, 0.5) is 0 Å². The monoisotopic (exact) mass is 553 g/mol. The molecule has 1 atom stereocenters. The van der Waals surface area contributed by atoms with Crippen LogP contribution >= 0.6 is 24.0 Å². The maximum atomic E-state index is 4.55. The molecule has 1 aliphatic rings. The molecule has 1 unspecified atom stereocenters. The molecule has 1 N–H and O–H groups in total. The Bertz CT molecular complexity index is 836. The van der Waals surface area contributed by atoms with Gasteiger partial charge in [-0.05, 0) is 31.1 Å². The third-order valence-corrected chi connectivity index (χ3v) is 6.12. The first kappa shape index (κ1) is 26.6. The third kappa shape index (κ3) is 7.18. The molecular weight excluding hydrogens is 513 g/mol. The van der Waals surface area contributed by atoms with Crippen LogP contribution < -0.4 is 5.32 Å². The quantitative estimate of drug-likeness (QED) is 0.325. The first-order valence-electron chi connectivity index (χ1n) is 11.3. The van der Waals surface area contributed by atoms with Gasteiger partial charge in [0.05, 0.1) is 12.2 Å². The van der Waals surface area contributed by atoms with Crippen molar-refractivity contribution in [3.63, 3.8) is 0 Å². The van der Waals surface area contributed by atoms with Crippen LogP contribution in [-0.2, 0) is 13.6 Å². The number of rotatable bonds is 7. The van der Waals surface area contributed by atoms with Gasteiger partial charge in [-0.2, -0.15) is 5.10 Å². The van der Waals surface area contributed by atoms with E-state index < -0.39 is 0 Å². The Morgan fingerprint density at radius 3 is 2.25 bits per heavy atom. The molecule has 0 saturated carbocycles. The first-order chi connectivity index (χ1) is 14.9. The Balaban J connectivity index is 0.00000363. The number of nitrogens with one attached hydrogen (secondary N) is 1. The van der Waals surface area contributed by atoms with Crippen LogP contribution in [0.5, 0.6) is 0 Å². The molecular formula is C24H40IN7. The van der Waals surface area contributed by atoms with Gasteiger partial charge in [-0.25, -0.2) is 0 Å². The highest BCUT2D eigenvalue weighted by Crippen LogP contribution is 2.18. The Morgan fingerprint density at radius 2 is 1.75 bits per heavy atom. The van der Waals surface area contributed by atoms with E-state index in [1.807, 2.05) is 25.0 Å². The van der Waals surface area contributed by atoms with Crippen LogP contribution in [0, 0.1) is 0 Å². The normalized spacial score (nSPS) is 16.4. The van der Waals surface area contributed by atoms with Crippen molar-refractivity contribution < 1.29 is 0 Å². The summed E-state index contributed by atoms with van der Waals surface area (Å²) in [6.45, 7) is 10.4. The molecule has 0 bridgehead atoms. The molecule has 0 radical (unpaired) electrons. The number of hydrogen-bond donors (Lipinski definition) is 1. The van der Waals surface area contributed by atoms with Crippen LogP contribution in [0.3, 0.4) is 0 Å². The molecule has 3 rings (SSSR count). The number of guanidine groups is 1. The van der Waals surface area contributed by atoms with Crippen LogP contribution in [0.1, 0.15) is 42.5 Å². The molecule has 1 aliphatic heterocycles. The van der Waals surface area contributed by atoms with E-state index in [2.05, 4.69) is 88.5 Å². The van der Waals surface area contributed by atoms with E-state index in [9.17, 15) is 0 Å². The highest BCUT2D eigenvalue weighted by atomic mass is 127. The highest BCUT2D eigenvalue weighted by Gasteiger charge is 2.22. The largest absolute Gasteiger partial charge is 0.354 e. The van der Waals surface area contributed by atoms with Crippen molar-refractivity contribution in [2.45, 2.75) is 32.4 Å². The smallest absolute Gasteiger partial charge is 0.193 e. The fraction of sp³-hybridized carbons (Fsp3) is 0.583. The number of likely N-dealkylation sites (N-methyl/N-ethyl adjacent to an activating group) is 1. The number of aryl methyl sites for hydroxylation is 1. The Kier molecular flexibility index (Phi) is 10.4. The predicted octanol–water partition coefficient (Wildman–Crippen LogP) is 3.16. The van der Waals surface area contributed by atoms with E-state index in [0.29, 0.717) is 5.92 Å². The Hall–Kier alpha value is -1.65. The number of nitrogens with zero attached hydrogens (tertiary/aromatic N) is 6. The van der Waals surface area contributed by atoms with Crippen molar-refractivity contribution >= 4 is 29.9 Å². The van der Waals surface area contributed by atoms with E-state index in [0.717, 1.165) is 45.2 Å². The Labute approximate surface area is 210 Å². The van der Waals surface area contributed by atoms with Crippen molar-refractivity contribution in [3.8, 4) is 0 Å². The van der Waals surface area contributed by atoms with Crippen LogP contribution in [0.25, 0.3) is 0 Å². The molecule has 0 amide bonds. The summed E-state index contributed by atoms with van der Waals surface area (Å²) in [7, 11) is 8.05. The van der Waals surface area contributed by atoms with Gasteiger partial charge in [0.15, 0.2) is 5.96 Å². The molecule has 1 aromatic carbocycles. The fourth-order valence-electron chi connectivity index (χ4n) is 4.11. The zero-order valence-electron chi connectivity index (χ0n) is 20.5. The molecule has 0 spiro atoms. The van der Waals surface area contributed by atoms with Crippen LogP contribution in [-0.4, -0.2) is 84.3 Å². The van der Waals surface area contributed by atoms with E-state index in [4.69, 9.17) is 0 Å². The third-order valence-electron chi connectivity index (χ3n) is 6.12. The number of benzene rings is 1. The second kappa shape index (κ2) is 12.6. The second-order valence-electron chi connectivity index (χ2n) is 9.01. The minimum Gasteiger partial charge on any atom is -0.354 e. The lowest BCUT2D eigenvalue weighted by molar-refractivity contribution is 0.171. The lowest BCUT2D eigenvalue weighted by Gasteiger charge is -2.37. The second-order valence-corrected chi connectivity index (χ2v) is 9.01. The molecule has 7 nitrogen and oxygen atoms in total. The molecule has 2 aromatic rings. The molecule has 1 fully saturated rings. The van der Waals surface area contributed by atoms with E-state index in [1.165, 1.54) is 16.7 Å². The summed E-state index contributed by atoms with van der Waals surface area (Å²) >= 11 is 0. The summed E-state index contributed by atoms with van der Waals surface area (Å²) in [5.41, 5.74) is 4.01. The van der Waals surface area contributed by atoms with Gasteiger partial charge in [0.1, 0.15) is 0 Å². The maximum absolute atomic E-state index is 4.55. The average Bonchev–Trinajstić information content (AvgIpc) is 3.18. The summed E-state index contributed by atoms with van der Waals surface area (Å²) in [6, 6.07) is 9.35. The van der Waals surface area contributed by atoms with Gasteiger partial charge in [0, 0.05) is 65.1 Å². The molecule has 32 heavy (non-hydrogen) atoms. The summed E-state index contributed by atoms with van der Waals surface area (Å²) in [5.74, 6) is 1.57. The molecule has 1 aromatic heterocycles. The topological polar surface area (TPSA) is 51.9 Å². The van der Waals surface area contributed by atoms with Gasteiger partial charge in [-0.15, -0.1) is 24.0 Å². The summed E-state index contributed by atoms with van der Waals surface area (Å²) in [5, 5.41) is 7.92. The van der Waals surface area contributed by atoms with Gasteiger partial charge in [-0.1, -0.05) is 38.1 Å². The SMILES string of the molecule is CN=C(NCC(c1cnn(C)c1)N(C)C)N1CCN(Cc2ccc(C(C)C)cc2)CC1.I. The van der Waals surface area contributed by atoms with Gasteiger partial charge < -0.3 is 15.1 Å². The minimum atomic E-state index is 0. The molecule has 0 aliphatic carbocycles. The van der Waals surface area contributed by atoms with E-state index >= 15 is 0 Å².